The van der Waals surface area contributed by atoms with Crippen LogP contribution in [0.3, 0.4) is 0 Å². The highest BCUT2D eigenvalue weighted by atomic mass is 16.5. The van der Waals surface area contributed by atoms with Gasteiger partial charge in [-0.3, -0.25) is 14.9 Å². The van der Waals surface area contributed by atoms with E-state index in [9.17, 15) is 9.59 Å². The lowest BCUT2D eigenvalue weighted by Crippen LogP contribution is -2.45. The quantitative estimate of drug-likeness (QED) is 0.505. The van der Waals surface area contributed by atoms with Crippen LogP contribution in [0.1, 0.15) is 12.8 Å². The van der Waals surface area contributed by atoms with Crippen LogP contribution in [0.2, 0.25) is 0 Å². The van der Waals surface area contributed by atoms with Crippen LogP contribution in [0, 0.1) is 0 Å². The predicted octanol–water partition coefficient (Wildman–Crippen LogP) is -1.05. The number of carboxylic acids is 1. The number of ether oxygens (including phenoxy) is 1. The van der Waals surface area contributed by atoms with Crippen LogP contribution in [0.4, 0.5) is 0 Å². The van der Waals surface area contributed by atoms with Gasteiger partial charge in [0.2, 0.25) is 5.91 Å². The van der Waals surface area contributed by atoms with Crippen LogP contribution in [0.15, 0.2) is 0 Å². The van der Waals surface area contributed by atoms with Gasteiger partial charge in [0.25, 0.3) is 0 Å². The fourth-order valence-corrected chi connectivity index (χ4v) is 1.11. The SMILES string of the molecule is COCC(NCC(=O)NC1CC1)C(=O)O. The molecule has 6 heteroatoms. The third-order valence-corrected chi connectivity index (χ3v) is 2.08. The standard InChI is InChI=1S/C9H16N2O4/c1-15-5-7(9(13)14)10-4-8(12)11-6-2-3-6/h6-7,10H,2-5H2,1H3,(H,11,12)(H,13,14). The fourth-order valence-electron chi connectivity index (χ4n) is 1.11. The van der Waals surface area contributed by atoms with Gasteiger partial charge in [-0.1, -0.05) is 0 Å². The molecule has 1 saturated carbocycles. The number of rotatable bonds is 7. The summed E-state index contributed by atoms with van der Waals surface area (Å²) >= 11 is 0. The van der Waals surface area contributed by atoms with Crippen molar-refractivity contribution < 1.29 is 19.4 Å². The second-order valence-corrected chi connectivity index (χ2v) is 3.57. The number of carboxylic acid groups (broad SMARTS) is 1. The van der Waals surface area contributed by atoms with Gasteiger partial charge in [0.05, 0.1) is 13.2 Å². The molecule has 1 rings (SSSR count). The van der Waals surface area contributed by atoms with Crippen molar-refractivity contribution in [1.29, 1.82) is 0 Å². The molecule has 0 bridgehead atoms. The molecule has 0 saturated heterocycles. The first-order valence-corrected chi connectivity index (χ1v) is 4.88. The van der Waals surface area contributed by atoms with Crippen LogP contribution in [0.25, 0.3) is 0 Å². The molecule has 0 aliphatic heterocycles. The molecule has 1 unspecified atom stereocenters. The molecule has 0 spiro atoms. The fraction of sp³-hybridized carbons (Fsp3) is 0.778. The Labute approximate surface area is 88.0 Å². The first-order valence-electron chi connectivity index (χ1n) is 4.88. The molecule has 86 valence electrons. The van der Waals surface area contributed by atoms with E-state index in [1.807, 2.05) is 0 Å². The summed E-state index contributed by atoms with van der Waals surface area (Å²) in [5, 5.41) is 14.1. The summed E-state index contributed by atoms with van der Waals surface area (Å²) in [4.78, 5) is 21.9. The molecule has 0 aromatic carbocycles. The average molecular weight is 216 g/mol. The zero-order chi connectivity index (χ0) is 11.3. The van der Waals surface area contributed by atoms with Gasteiger partial charge < -0.3 is 15.2 Å². The smallest absolute Gasteiger partial charge is 0.323 e. The zero-order valence-corrected chi connectivity index (χ0v) is 8.66. The Morgan fingerprint density at radius 3 is 2.67 bits per heavy atom. The monoisotopic (exact) mass is 216 g/mol. The number of hydrogen-bond acceptors (Lipinski definition) is 4. The van der Waals surface area contributed by atoms with Crippen LogP contribution in [-0.2, 0) is 14.3 Å². The topological polar surface area (TPSA) is 87.7 Å². The van der Waals surface area contributed by atoms with E-state index in [4.69, 9.17) is 9.84 Å². The maximum absolute atomic E-state index is 11.2. The van der Waals surface area contributed by atoms with Crippen molar-refractivity contribution in [2.24, 2.45) is 0 Å². The lowest BCUT2D eigenvalue weighted by atomic mass is 10.3. The summed E-state index contributed by atoms with van der Waals surface area (Å²) in [6, 6.07) is -0.537. The van der Waals surface area contributed by atoms with Gasteiger partial charge in [-0.15, -0.1) is 0 Å². The summed E-state index contributed by atoms with van der Waals surface area (Å²) in [5.41, 5.74) is 0. The first kappa shape index (κ1) is 11.9. The number of hydrogen-bond donors (Lipinski definition) is 3. The van der Waals surface area contributed by atoms with Crippen molar-refractivity contribution in [3.63, 3.8) is 0 Å². The molecule has 3 N–H and O–H groups in total. The van der Waals surface area contributed by atoms with E-state index in [0.717, 1.165) is 12.8 Å². The van der Waals surface area contributed by atoms with Gasteiger partial charge in [0, 0.05) is 13.2 Å². The normalized spacial score (nSPS) is 17.1. The molecule has 6 nitrogen and oxygen atoms in total. The second-order valence-electron chi connectivity index (χ2n) is 3.57. The molecule has 1 fully saturated rings. The summed E-state index contributed by atoms with van der Waals surface area (Å²) in [5.74, 6) is -1.18. The summed E-state index contributed by atoms with van der Waals surface area (Å²) in [6.45, 7) is 0.0584. The van der Waals surface area contributed by atoms with Crippen molar-refractivity contribution in [2.75, 3.05) is 20.3 Å². The summed E-state index contributed by atoms with van der Waals surface area (Å²) in [6.07, 6.45) is 2.04. The number of nitrogens with one attached hydrogen (secondary N) is 2. The van der Waals surface area contributed by atoms with Crippen LogP contribution < -0.4 is 10.6 Å². The van der Waals surface area contributed by atoms with E-state index < -0.39 is 12.0 Å². The predicted molar refractivity (Wildman–Crippen MR) is 52.5 cm³/mol. The van der Waals surface area contributed by atoms with Gasteiger partial charge >= 0.3 is 5.97 Å². The second kappa shape index (κ2) is 5.67. The van der Waals surface area contributed by atoms with E-state index in [1.54, 1.807) is 0 Å². The highest BCUT2D eigenvalue weighted by Gasteiger charge is 2.24. The number of methoxy groups -OCH3 is 1. The van der Waals surface area contributed by atoms with Gasteiger partial charge in [-0.25, -0.2) is 0 Å². The van der Waals surface area contributed by atoms with Crippen molar-refractivity contribution in [3.05, 3.63) is 0 Å². The third-order valence-electron chi connectivity index (χ3n) is 2.08. The lowest BCUT2D eigenvalue weighted by Gasteiger charge is -2.12. The van der Waals surface area contributed by atoms with E-state index in [2.05, 4.69) is 10.6 Å². The minimum atomic E-state index is -1.02. The zero-order valence-electron chi connectivity index (χ0n) is 8.66. The Balaban J connectivity index is 2.19. The van der Waals surface area contributed by atoms with Gasteiger partial charge in [0.15, 0.2) is 0 Å². The number of carbonyl (C=O) groups excluding carboxylic acids is 1. The maximum Gasteiger partial charge on any atom is 0.323 e. The molecule has 1 aliphatic carbocycles. The van der Waals surface area contributed by atoms with E-state index >= 15 is 0 Å². The van der Waals surface area contributed by atoms with E-state index in [1.165, 1.54) is 7.11 Å². The van der Waals surface area contributed by atoms with Crippen molar-refractivity contribution in [1.82, 2.24) is 10.6 Å². The Hall–Kier alpha value is -1.14. The molecular formula is C9H16N2O4. The number of amides is 1. The van der Waals surface area contributed by atoms with E-state index in [0.29, 0.717) is 6.04 Å². The van der Waals surface area contributed by atoms with Gasteiger partial charge in [0.1, 0.15) is 6.04 Å². The highest BCUT2D eigenvalue weighted by molar-refractivity contribution is 5.80. The van der Waals surface area contributed by atoms with Crippen molar-refractivity contribution in [2.45, 2.75) is 24.9 Å². The molecule has 0 radical (unpaired) electrons. The highest BCUT2D eigenvalue weighted by Crippen LogP contribution is 2.18. The summed E-state index contributed by atoms with van der Waals surface area (Å²) in [7, 11) is 1.42. The largest absolute Gasteiger partial charge is 0.480 e. The Morgan fingerprint density at radius 2 is 2.20 bits per heavy atom. The third kappa shape index (κ3) is 4.75. The molecule has 1 atom stereocenters. The average Bonchev–Trinajstić information content (AvgIpc) is 2.95. The Kier molecular flexibility index (Phi) is 4.51. The molecule has 15 heavy (non-hydrogen) atoms. The molecule has 1 aliphatic rings. The Morgan fingerprint density at radius 1 is 1.53 bits per heavy atom. The summed E-state index contributed by atoms with van der Waals surface area (Å²) < 4.78 is 4.72. The molecule has 0 heterocycles. The van der Waals surface area contributed by atoms with Crippen molar-refractivity contribution in [3.8, 4) is 0 Å². The van der Waals surface area contributed by atoms with E-state index in [-0.39, 0.29) is 19.1 Å². The van der Waals surface area contributed by atoms with Gasteiger partial charge in [-0.2, -0.15) is 0 Å². The molecular weight excluding hydrogens is 200 g/mol. The first-order chi connectivity index (χ1) is 7.13. The maximum atomic E-state index is 11.2. The lowest BCUT2D eigenvalue weighted by molar-refractivity contribution is -0.140. The van der Waals surface area contributed by atoms with Crippen LogP contribution in [-0.4, -0.2) is 49.3 Å². The number of carbonyl (C=O) groups is 2. The molecule has 1 amide bonds. The van der Waals surface area contributed by atoms with Crippen LogP contribution >= 0.6 is 0 Å². The molecule has 0 aromatic heterocycles. The molecule has 0 aromatic rings. The Bertz CT molecular complexity index is 240. The minimum Gasteiger partial charge on any atom is -0.480 e. The van der Waals surface area contributed by atoms with Crippen LogP contribution in [0.5, 0.6) is 0 Å². The van der Waals surface area contributed by atoms with Crippen molar-refractivity contribution >= 4 is 11.9 Å². The number of aliphatic carboxylic acids is 1. The minimum absolute atomic E-state index is 0.0107. The van der Waals surface area contributed by atoms with Gasteiger partial charge in [-0.05, 0) is 12.8 Å².